The van der Waals surface area contributed by atoms with Crippen LogP contribution in [0.2, 0.25) is 0 Å². The molecule has 1 N–H and O–H groups in total. The van der Waals surface area contributed by atoms with Gasteiger partial charge in [-0.1, -0.05) is 38.1 Å². The van der Waals surface area contributed by atoms with Crippen LogP contribution in [0, 0.1) is 0 Å². The fourth-order valence-electron chi connectivity index (χ4n) is 3.59. The normalized spacial score (nSPS) is 15.7. The predicted molar refractivity (Wildman–Crippen MR) is 129 cm³/mol. The van der Waals surface area contributed by atoms with Gasteiger partial charge in [0.25, 0.3) is 0 Å². The van der Waals surface area contributed by atoms with Gasteiger partial charge < -0.3 is 19.7 Å². The summed E-state index contributed by atoms with van der Waals surface area (Å²) in [5.74, 6) is 0.193. The summed E-state index contributed by atoms with van der Waals surface area (Å²) in [6.45, 7) is 8.83. The molecule has 2 aromatic carbocycles. The maximum atomic E-state index is 11.9. The fraction of sp³-hybridized carbons (Fsp3) is 0.440. The van der Waals surface area contributed by atoms with E-state index in [1.54, 1.807) is 19.1 Å². The average Bonchev–Trinajstić information content (AvgIpc) is 3.27. The summed E-state index contributed by atoms with van der Waals surface area (Å²) in [5.41, 5.74) is 3.91. The van der Waals surface area contributed by atoms with Gasteiger partial charge in [-0.05, 0) is 73.3 Å². The van der Waals surface area contributed by atoms with E-state index < -0.39 is 0 Å². The van der Waals surface area contributed by atoms with E-state index in [1.165, 1.54) is 11.1 Å². The van der Waals surface area contributed by atoms with Gasteiger partial charge in [-0.15, -0.1) is 0 Å². The van der Waals surface area contributed by atoms with E-state index in [9.17, 15) is 4.79 Å². The molecule has 1 heterocycles. The minimum Gasteiger partial charge on any atom is -0.462 e. The van der Waals surface area contributed by atoms with Crippen molar-refractivity contribution >= 4 is 29.0 Å². The summed E-state index contributed by atoms with van der Waals surface area (Å²) in [4.78, 5) is 14.0. The van der Waals surface area contributed by atoms with E-state index >= 15 is 0 Å². The first-order valence-electron chi connectivity index (χ1n) is 11.0. The Morgan fingerprint density at radius 3 is 2.48 bits per heavy atom. The van der Waals surface area contributed by atoms with Crippen LogP contribution < -0.4 is 5.32 Å². The van der Waals surface area contributed by atoms with Gasteiger partial charge in [0.2, 0.25) is 0 Å². The lowest BCUT2D eigenvalue weighted by molar-refractivity contribution is 0.0526. The molecule has 0 saturated carbocycles. The summed E-state index contributed by atoms with van der Waals surface area (Å²) < 4.78 is 10.9. The SMILES string of the molecule is CCOC(=O)c1ccc(NC(=S)N(Cc2ccc(C(C)C)cc2)CC2CCCO2)cc1. The molecule has 3 rings (SSSR count). The van der Waals surface area contributed by atoms with Crippen LogP contribution in [0.25, 0.3) is 0 Å². The van der Waals surface area contributed by atoms with E-state index in [2.05, 4.69) is 48.3 Å². The molecule has 1 unspecified atom stereocenters. The maximum absolute atomic E-state index is 11.9. The van der Waals surface area contributed by atoms with E-state index in [0.717, 1.165) is 31.7 Å². The monoisotopic (exact) mass is 440 g/mol. The maximum Gasteiger partial charge on any atom is 0.338 e. The topological polar surface area (TPSA) is 50.8 Å². The van der Waals surface area contributed by atoms with Crippen LogP contribution in [0.4, 0.5) is 5.69 Å². The number of ether oxygens (including phenoxy) is 2. The molecular formula is C25H32N2O3S. The molecule has 166 valence electrons. The smallest absolute Gasteiger partial charge is 0.338 e. The Morgan fingerprint density at radius 1 is 1.19 bits per heavy atom. The van der Waals surface area contributed by atoms with Gasteiger partial charge in [-0.3, -0.25) is 0 Å². The second kappa shape index (κ2) is 11.3. The first-order valence-corrected chi connectivity index (χ1v) is 11.4. The number of nitrogens with one attached hydrogen (secondary N) is 1. The van der Waals surface area contributed by atoms with Crippen LogP contribution in [0.3, 0.4) is 0 Å². The highest BCUT2D eigenvalue weighted by molar-refractivity contribution is 7.80. The third kappa shape index (κ3) is 6.77. The Balaban J connectivity index is 1.68. The quantitative estimate of drug-likeness (QED) is 0.440. The van der Waals surface area contributed by atoms with Gasteiger partial charge in [-0.2, -0.15) is 0 Å². The number of rotatable bonds is 8. The first kappa shape index (κ1) is 23.2. The van der Waals surface area contributed by atoms with Crippen molar-refractivity contribution in [3.63, 3.8) is 0 Å². The van der Waals surface area contributed by atoms with Crippen LogP contribution in [0.15, 0.2) is 48.5 Å². The van der Waals surface area contributed by atoms with Crippen molar-refractivity contribution in [1.82, 2.24) is 4.90 Å². The number of hydrogen-bond donors (Lipinski definition) is 1. The minimum atomic E-state index is -0.318. The Labute approximate surface area is 190 Å². The highest BCUT2D eigenvalue weighted by atomic mass is 32.1. The lowest BCUT2D eigenvalue weighted by atomic mass is 10.0. The zero-order valence-corrected chi connectivity index (χ0v) is 19.4. The Morgan fingerprint density at radius 2 is 1.90 bits per heavy atom. The van der Waals surface area contributed by atoms with Crippen LogP contribution in [-0.2, 0) is 16.0 Å². The predicted octanol–water partition coefficient (Wildman–Crippen LogP) is 5.36. The number of esters is 1. The highest BCUT2D eigenvalue weighted by Gasteiger charge is 2.21. The molecule has 0 spiro atoms. The number of nitrogens with zero attached hydrogens (tertiary/aromatic N) is 1. The molecular weight excluding hydrogens is 408 g/mol. The summed E-state index contributed by atoms with van der Waals surface area (Å²) in [5, 5.41) is 3.96. The summed E-state index contributed by atoms with van der Waals surface area (Å²) in [6.07, 6.45) is 2.34. The molecule has 1 aliphatic rings. The summed E-state index contributed by atoms with van der Waals surface area (Å²) in [7, 11) is 0. The molecule has 0 bridgehead atoms. The minimum absolute atomic E-state index is 0.195. The number of thiocarbonyl (C=S) groups is 1. The largest absolute Gasteiger partial charge is 0.462 e. The second-order valence-electron chi connectivity index (χ2n) is 8.14. The summed E-state index contributed by atoms with van der Waals surface area (Å²) >= 11 is 5.75. The van der Waals surface area contributed by atoms with Crippen molar-refractivity contribution in [1.29, 1.82) is 0 Å². The third-order valence-corrected chi connectivity index (χ3v) is 5.76. The molecule has 6 heteroatoms. The van der Waals surface area contributed by atoms with Crippen molar-refractivity contribution in [3.8, 4) is 0 Å². The molecule has 0 aliphatic carbocycles. The standard InChI is InChI=1S/C25H32N2O3S/c1-4-29-24(28)21-11-13-22(14-12-21)26-25(31)27(17-23-6-5-15-30-23)16-19-7-9-20(10-8-19)18(2)3/h7-14,18,23H,4-6,15-17H2,1-3H3,(H,26,31). The van der Waals surface area contributed by atoms with Crippen molar-refractivity contribution in [2.75, 3.05) is 25.1 Å². The van der Waals surface area contributed by atoms with Gasteiger partial charge in [0.05, 0.1) is 18.3 Å². The highest BCUT2D eigenvalue weighted by Crippen LogP contribution is 2.19. The van der Waals surface area contributed by atoms with Crippen LogP contribution in [-0.4, -0.2) is 41.8 Å². The molecule has 1 saturated heterocycles. The molecule has 0 radical (unpaired) electrons. The second-order valence-corrected chi connectivity index (χ2v) is 8.53. The van der Waals surface area contributed by atoms with Crippen LogP contribution in [0.5, 0.6) is 0 Å². The first-order chi connectivity index (χ1) is 15.0. The molecule has 0 aromatic heterocycles. The Hall–Kier alpha value is -2.44. The Bertz CT molecular complexity index is 859. The molecule has 5 nitrogen and oxygen atoms in total. The van der Waals surface area contributed by atoms with E-state index in [0.29, 0.717) is 29.7 Å². The van der Waals surface area contributed by atoms with Crippen molar-refractivity contribution < 1.29 is 14.3 Å². The number of carbonyl (C=O) groups is 1. The van der Waals surface area contributed by atoms with E-state index in [-0.39, 0.29) is 12.1 Å². The van der Waals surface area contributed by atoms with Gasteiger partial charge in [0.1, 0.15) is 0 Å². The number of hydrogen-bond acceptors (Lipinski definition) is 4. The van der Waals surface area contributed by atoms with Crippen molar-refractivity contribution in [2.45, 2.75) is 52.2 Å². The zero-order valence-electron chi connectivity index (χ0n) is 18.6. The lowest BCUT2D eigenvalue weighted by Gasteiger charge is -2.28. The van der Waals surface area contributed by atoms with E-state index in [1.807, 2.05) is 12.1 Å². The fourth-order valence-corrected chi connectivity index (χ4v) is 3.85. The molecule has 0 amide bonds. The lowest BCUT2D eigenvalue weighted by Crippen LogP contribution is -2.39. The summed E-state index contributed by atoms with van der Waals surface area (Å²) in [6, 6.07) is 15.9. The van der Waals surface area contributed by atoms with Gasteiger partial charge in [0.15, 0.2) is 5.11 Å². The number of benzene rings is 2. The van der Waals surface area contributed by atoms with Crippen LogP contribution >= 0.6 is 12.2 Å². The zero-order chi connectivity index (χ0) is 22.2. The third-order valence-electron chi connectivity index (χ3n) is 5.40. The van der Waals surface area contributed by atoms with Crippen LogP contribution in [0.1, 0.15) is 61.0 Å². The molecule has 1 atom stereocenters. The molecule has 2 aromatic rings. The number of carbonyl (C=O) groups excluding carboxylic acids is 1. The molecule has 31 heavy (non-hydrogen) atoms. The van der Waals surface area contributed by atoms with Gasteiger partial charge >= 0.3 is 5.97 Å². The number of anilines is 1. The Kier molecular flexibility index (Phi) is 8.43. The van der Waals surface area contributed by atoms with Gasteiger partial charge in [0, 0.05) is 25.4 Å². The average molecular weight is 441 g/mol. The molecule has 1 fully saturated rings. The van der Waals surface area contributed by atoms with Crippen molar-refractivity contribution in [2.24, 2.45) is 0 Å². The van der Waals surface area contributed by atoms with Crippen molar-refractivity contribution in [3.05, 3.63) is 65.2 Å². The van der Waals surface area contributed by atoms with Gasteiger partial charge in [-0.25, -0.2) is 4.79 Å². The molecule has 1 aliphatic heterocycles. The van der Waals surface area contributed by atoms with E-state index in [4.69, 9.17) is 21.7 Å².